The number of fused-ring (bicyclic) bond motifs is 1. The first-order chi connectivity index (χ1) is 9.76. The van der Waals surface area contributed by atoms with Crippen molar-refractivity contribution in [3.05, 3.63) is 52.8 Å². The number of hydrogen-bond donors (Lipinski definition) is 1. The quantitative estimate of drug-likeness (QED) is 0.926. The molecule has 3 heteroatoms. The molecule has 20 heavy (non-hydrogen) atoms. The molecule has 0 bridgehead atoms. The van der Waals surface area contributed by atoms with Crippen molar-refractivity contribution in [3.8, 4) is 11.5 Å². The maximum Gasteiger partial charge on any atom is 0.136 e. The SMILES string of the molecule is Cc1cc(Oc2ccc3c(c2)CCCC3)c(CO)cn1. The molecule has 1 heterocycles. The van der Waals surface area contributed by atoms with E-state index in [0.29, 0.717) is 11.3 Å². The normalized spacial score (nSPS) is 13.9. The van der Waals surface area contributed by atoms with Gasteiger partial charge in [-0.3, -0.25) is 4.98 Å². The molecule has 0 saturated heterocycles. The first-order valence-corrected chi connectivity index (χ1v) is 7.12. The molecule has 0 atom stereocenters. The fraction of sp³-hybridized carbons (Fsp3) is 0.353. The van der Waals surface area contributed by atoms with Crippen molar-refractivity contribution < 1.29 is 9.84 Å². The van der Waals surface area contributed by atoms with Crippen molar-refractivity contribution in [1.29, 1.82) is 0 Å². The highest BCUT2D eigenvalue weighted by Gasteiger charge is 2.11. The van der Waals surface area contributed by atoms with E-state index in [1.54, 1.807) is 6.20 Å². The number of aryl methyl sites for hydroxylation is 3. The number of aliphatic hydroxyl groups excluding tert-OH is 1. The average molecular weight is 269 g/mol. The lowest BCUT2D eigenvalue weighted by Gasteiger charge is -2.17. The summed E-state index contributed by atoms with van der Waals surface area (Å²) in [7, 11) is 0. The van der Waals surface area contributed by atoms with E-state index in [0.717, 1.165) is 17.9 Å². The van der Waals surface area contributed by atoms with Crippen LogP contribution in [0.15, 0.2) is 30.5 Å². The molecule has 0 spiro atoms. The van der Waals surface area contributed by atoms with Crippen LogP contribution in [0.5, 0.6) is 11.5 Å². The van der Waals surface area contributed by atoms with E-state index < -0.39 is 0 Å². The van der Waals surface area contributed by atoms with Crippen molar-refractivity contribution in [2.45, 2.75) is 39.2 Å². The van der Waals surface area contributed by atoms with Crippen LogP contribution in [0.25, 0.3) is 0 Å². The fourth-order valence-corrected chi connectivity index (χ4v) is 2.68. The first kappa shape index (κ1) is 13.1. The molecule has 3 rings (SSSR count). The lowest BCUT2D eigenvalue weighted by Crippen LogP contribution is -2.02. The highest BCUT2D eigenvalue weighted by Crippen LogP contribution is 2.30. The molecule has 0 saturated carbocycles. The predicted octanol–water partition coefficient (Wildman–Crippen LogP) is 3.55. The summed E-state index contributed by atoms with van der Waals surface area (Å²) in [6, 6.07) is 8.17. The average Bonchev–Trinajstić information content (AvgIpc) is 2.47. The number of aliphatic hydroxyl groups is 1. The van der Waals surface area contributed by atoms with Gasteiger partial charge in [0.1, 0.15) is 11.5 Å². The third-order valence-corrected chi connectivity index (χ3v) is 3.80. The van der Waals surface area contributed by atoms with Gasteiger partial charge in [-0.2, -0.15) is 0 Å². The van der Waals surface area contributed by atoms with Crippen LogP contribution in [0.3, 0.4) is 0 Å². The molecular formula is C17H19NO2. The summed E-state index contributed by atoms with van der Waals surface area (Å²) in [5.74, 6) is 1.53. The summed E-state index contributed by atoms with van der Waals surface area (Å²) < 4.78 is 5.95. The molecule has 0 aliphatic heterocycles. The van der Waals surface area contributed by atoms with Gasteiger partial charge in [0.05, 0.1) is 6.61 Å². The highest BCUT2D eigenvalue weighted by atomic mass is 16.5. The van der Waals surface area contributed by atoms with Crippen LogP contribution < -0.4 is 4.74 Å². The van der Waals surface area contributed by atoms with E-state index in [1.807, 2.05) is 19.1 Å². The number of nitrogens with zero attached hydrogens (tertiary/aromatic N) is 1. The number of aromatic nitrogens is 1. The third-order valence-electron chi connectivity index (χ3n) is 3.80. The molecule has 0 radical (unpaired) electrons. The monoisotopic (exact) mass is 269 g/mol. The van der Waals surface area contributed by atoms with Gasteiger partial charge < -0.3 is 9.84 Å². The molecular weight excluding hydrogens is 250 g/mol. The zero-order valence-electron chi connectivity index (χ0n) is 11.7. The Balaban J connectivity index is 1.89. The lowest BCUT2D eigenvalue weighted by molar-refractivity contribution is 0.276. The largest absolute Gasteiger partial charge is 0.457 e. The van der Waals surface area contributed by atoms with Crippen LogP contribution in [0, 0.1) is 6.92 Å². The first-order valence-electron chi connectivity index (χ1n) is 7.12. The van der Waals surface area contributed by atoms with Crippen LogP contribution in [0.1, 0.15) is 35.2 Å². The number of pyridine rings is 1. The molecule has 1 aliphatic carbocycles. The molecule has 1 aliphatic rings. The summed E-state index contributed by atoms with van der Waals surface area (Å²) in [4.78, 5) is 4.18. The Kier molecular flexibility index (Phi) is 3.70. The van der Waals surface area contributed by atoms with Crippen LogP contribution >= 0.6 is 0 Å². The number of benzene rings is 1. The van der Waals surface area contributed by atoms with Gasteiger partial charge in [-0.05, 0) is 55.9 Å². The molecule has 0 amide bonds. The molecule has 1 N–H and O–H groups in total. The zero-order valence-corrected chi connectivity index (χ0v) is 11.7. The second-order valence-corrected chi connectivity index (χ2v) is 5.33. The number of ether oxygens (including phenoxy) is 1. The Hall–Kier alpha value is -1.87. The number of hydrogen-bond acceptors (Lipinski definition) is 3. The Bertz CT molecular complexity index is 622. The van der Waals surface area contributed by atoms with Crippen LogP contribution in [-0.2, 0) is 19.4 Å². The van der Waals surface area contributed by atoms with Crippen molar-refractivity contribution >= 4 is 0 Å². The lowest BCUT2D eigenvalue weighted by atomic mass is 9.92. The van der Waals surface area contributed by atoms with E-state index in [2.05, 4.69) is 17.1 Å². The van der Waals surface area contributed by atoms with Crippen molar-refractivity contribution in [2.24, 2.45) is 0 Å². The van der Waals surface area contributed by atoms with Crippen molar-refractivity contribution in [1.82, 2.24) is 4.98 Å². The minimum absolute atomic E-state index is 0.0620. The highest BCUT2D eigenvalue weighted by molar-refractivity contribution is 5.41. The van der Waals surface area contributed by atoms with E-state index in [9.17, 15) is 5.11 Å². The van der Waals surface area contributed by atoms with Gasteiger partial charge in [0.15, 0.2) is 0 Å². The molecule has 1 aromatic heterocycles. The van der Waals surface area contributed by atoms with Gasteiger partial charge in [0.25, 0.3) is 0 Å². The summed E-state index contributed by atoms with van der Waals surface area (Å²) in [5.41, 5.74) is 4.44. The van der Waals surface area contributed by atoms with E-state index in [1.165, 1.54) is 30.4 Å². The standard InChI is InChI=1S/C17H19NO2/c1-12-8-17(15(11-19)10-18-12)20-16-7-6-13-4-2-3-5-14(13)9-16/h6-10,19H,2-5,11H2,1H3. The molecule has 3 nitrogen and oxygen atoms in total. The van der Waals surface area contributed by atoms with Gasteiger partial charge in [0.2, 0.25) is 0 Å². The van der Waals surface area contributed by atoms with Gasteiger partial charge in [-0.1, -0.05) is 6.07 Å². The van der Waals surface area contributed by atoms with Crippen molar-refractivity contribution in [2.75, 3.05) is 0 Å². The van der Waals surface area contributed by atoms with Gasteiger partial charge >= 0.3 is 0 Å². The topological polar surface area (TPSA) is 42.4 Å². The zero-order chi connectivity index (χ0) is 13.9. The Labute approximate surface area is 119 Å². The second kappa shape index (κ2) is 5.63. The Morgan fingerprint density at radius 3 is 2.75 bits per heavy atom. The van der Waals surface area contributed by atoms with E-state index in [-0.39, 0.29) is 6.61 Å². The Morgan fingerprint density at radius 1 is 1.15 bits per heavy atom. The minimum Gasteiger partial charge on any atom is -0.457 e. The Morgan fingerprint density at radius 2 is 1.95 bits per heavy atom. The molecule has 2 aromatic rings. The summed E-state index contributed by atoms with van der Waals surface area (Å²) in [5, 5.41) is 9.36. The van der Waals surface area contributed by atoms with E-state index >= 15 is 0 Å². The van der Waals surface area contributed by atoms with Crippen LogP contribution in [-0.4, -0.2) is 10.1 Å². The van der Waals surface area contributed by atoms with E-state index in [4.69, 9.17) is 4.74 Å². The van der Waals surface area contributed by atoms with Gasteiger partial charge in [0, 0.05) is 23.5 Å². The predicted molar refractivity (Wildman–Crippen MR) is 78.1 cm³/mol. The maximum atomic E-state index is 9.36. The van der Waals surface area contributed by atoms with Gasteiger partial charge in [-0.25, -0.2) is 0 Å². The summed E-state index contributed by atoms with van der Waals surface area (Å²) >= 11 is 0. The third kappa shape index (κ3) is 2.68. The summed E-state index contributed by atoms with van der Waals surface area (Å²) in [6.45, 7) is 1.86. The molecule has 104 valence electrons. The smallest absolute Gasteiger partial charge is 0.136 e. The second-order valence-electron chi connectivity index (χ2n) is 5.33. The fourth-order valence-electron chi connectivity index (χ4n) is 2.68. The number of rotatable bonds is 3. The maximum absolute atomic E-state index is 9.36. The van der Waals surface area contributed by atoms with Gasteiger partial charge in [-0.15, -0.1) is 0 Å². The van der Waals surface area contributed by atoms with Crippen molar-refractivity contribution in [3.63, 3.8) is 0 Å². The minimum atomic E-state index is -0.0620. The molecule has 0 fully saturated rings. The van der Waals surface area contributed by atoms with Crippen LogP contribution in [0.4, 0.5) is 0 Å². The summed E-state index contributed by atoms with van der Waals surface area (Å²) in [6.07, 6.45) is 6.52. The van der Waals surface area contributed by atoms with Crippen LogP contribution in [0.2, 0.25) is 0 Å². The molecule has 1 aromatic carbocycles. The molecule has 0 unspecified atom stereocenters.